The van der Waals surface area contributed by atoms with Crippen LogP contribution in [0.5, 0.6) is 0 Å². The highest BCUT2D eigenvalue weighted by molar-refractivity contribution is 6.08. The van der Waals surface area contributed by atoms with Gasteiger partial charge in [0.2, 0.25) is 0 Å². The topological polar surface area (TPSA) is 4.93 Å². The molecule has 0 aliphatic rings. The van der Waals surface area contributed by atoms with E-state index in [0.29, 0.717) is 0 Å². The molecule has 3 rings (SSSR count). The lowest BCUT2D eigenvalue weighted by Gasteiger charge is -2.24. The average molecular weight is 227 g/mol. The molecule has 0 aliphatic heterocycles. The molecule has 1 heteroatoms. The number of aromatic nitrogens is 1. The lowest BCUT2D eigenvalue weighted by Crippen LogP contribution is -2.21. The van der Waals surface area contributed by atoms with E-state index in [9.17, 15) is 0 Å². The van der Waals surface area contributed by atoms with Crippen molar-refractivity contribution in [2.75, 3.05) is 0 Å². The van der Waals surface area contributed by atoms with Crippen molar-refractivity contribution >= 4 is 21.8 Å². The minimum absolute atomic E-state index is 0.178. The van der Waals surface area contributed by atoms with Gasteiger partial charge in [-0.2, -0.15) is 0 Å². The molecular formula is C16H17N. The van der Waals surface area contributed by atoms with Crippen molar-refractivity contribution in [3.63, 3.8) is 0 Å². The first kappa shape index (κ1) is 6.85. The third kappa shape index (κ3) is 1.46. The third-order valence-electron chi connectivity index (χ3n) is 3.01. The van der Waals surface area contributed by atoms with E-state index >= 15 is 0 Å². The van der Waals surface area contributed by atoms with Crippen molar-refractivity contribution in [1.82, 2.24) is 4.57 Å². The van der Waals surface area contributed by atoms with Crippen LogP contribution in [0.3, 0.4) is 0 Å². The minimum Gasteiger partial charge on any atom is -0.335 e. The summed E-state index contributed by atoms with van der Waals surface area (Å²) >= 11 is 0. The molecule has 0 unspecified atom stereocenters. The summed E-state index contributed by atoms with van der Waals surface area (Å²) < 4.78 is 33.6. The minimum atomic E-state index is -0.216. The van der Waals surface area contributed by atoms with Crippen LogP contribution < -0.4 is 0 Å². The average Bonchev–Trinajstić information content (AvgIpc) is 2.64. The van der Waals surface area contributed by atoms with Crippen LogP contribution in [0.1, 0.15) is 26.3 Å². The fourth-order valence-electron chi connectivity index (χ4n) is 2.41. The maximum atomic E-state index is 7.89. The Kier molecular flexibility index (Phi) is 1.36. The van der Waals surface area contributed by atoms with Crippen LogP contribution in [0.4, 0.5) is 0 Å². The molecule has 1 heterocycles. The number of benzene rings is 2. The van der Waals surface area contributed by atoms with Crippen LogP contribution in [-0.2, 0) is 5.54 Å². The zero-order valence-corrected chi connectivity index (χ0v) is 10.3. The van der Waals surface area contributed by atoms with Crippen LogP contribution in [0.15, 0.2) is 48.4 Å². The van der Waals surface area contributed by atoms with E-state index in [1.807, 2.05) is 0 Å². The smallest absolute Gasteiger partial charge is 0.0623 e. The zero-order chi connectivity index (χ0) is 15.5. The summed E-state index contributed by atoms with van der Waals surface area (Å²) in [6.07, 6.45) is 0. The van der Waals surface area contributed by atoms with Gasteiger partial charge < -0.3 is 4.57 Å². The van der Waals surface area contributed by atoms with Gasteiger partial charge in [-0.15, -0.1) is 0 Å². The number of nitrogens with zero attached hydrogens (tertiary/aromatic N) is 1. The Morgan fingerprint density at radius 2 is 1.24 bits per heavy atom. The second kappa shape index (κ2) is 3.36. The zero-order valence-electron chi connectivity index (χ0n) is 14.3. The molecular weight excluding hydrogens is 206 g/mol. The summed E-state index contributed by atoms with van der Waals surface area (Å²) in [5.41, 5.74) is 1.54. The first-order chi connectivity index (χ1) is 9.70. The Bertz CT molecular complexity index is 806. The number of hydrogen-bond acceptors (Lipinski definition) is 0. The van der Waals surface area contributed by atoms with Crippen LogP contribution in [0, 0.1) is 0 Å². The van der Waals surface area contributed by atoms with Gasteiger partial charge in [-0.05, 0) is 32.9 Å². The van der Waals surface area contributed by atoms with Gasteiger partial charge in [-0.25, -0.2) is 0 Å². The monoisotopic (exact) mass is 227 g/mol. The molecule has 0 saturated heterocycles. The number of hydrogen-bond donors (Lipinski definition) is 0. The Hall–Kier alpha value is -1.76. The van der Waals surface area contributed by atoms with Crippen molar-refractivity contribution in [2.45, 2.75) is 26.3 Å². The Balaban J connectivity index is 2.61. The molecule has 0 atom stereocenters. The lowest BCUT2D eigenvalue weighted by atomic mass is 10.1. The van der Waals surface area contributed by atoms with Crippen LogP contribution in [-0.4, -0.2) is 4.57 Å². The molecule has 0 saturated carbocycles. The highest BCUT2D eigenvalue weighted by Crippen LogP contribution is 2.33. The van der Waals surface area contributed by atoms with E-state index < -0.39 is 0 Å². The molecule has 86 valence electrons. The highest BCUT2D eigenvalue weighted by atomic mass is 15.0. The summed E-state index contributed by atoms with van der Waals surface area (Å²) in [5.74, 6) is 0. The molecule has 2 aromatic carbocycles. The predicted molar refractivity (Wildman–Crippen MR) is 74.4 cm³/mol. The van der Waals surface area contributed by atoms with Crippen molar-refractivity contribution < 1.29 is 5.48 Å². The van der Waals surface area contributed by atoms with Crippen molar-refractivity contribution in [3.8, 4) is 0 Å². The van der Waals surface area contributed by atoms with Gasteiger partial charge in [0, 0.05) is 27.3 Å². The quantitative estimate of drug-likeness (QED) is 0.531. The number of rotatable bonds is 0. The second-order valence-corrected chi connectivity index (χ2v) is 5.26. The highest BCUT2D eigenvalue weighted by Gasteiger charge is 2.19. The standard InChI is InChI=1S/C16H17N/c1-16(2,3)17-14-10-6-4-8-12(14)13-9-5-7-11-15(13)17/h4-11H,1-3H3/i4D,5D,6D,7D. The maximum Gasteiger partial charge on any atom is 0.0623 e. The van der Waals surface area contributed by atoms with Gasteiger partial charge in [0.1, 0.15) is 0 Å². The Morgan fingerprint density at radius 3 is 1.65 bits per heavy atom. The molecule has 3 aromatic rings. The first-order valence-corrected chi connectivity index (χ1v) is 5.73. The summed E-state index contributed by atoms with van der Waals surface area (Å²) in [6, 6.07) is 7.51. The molecule has 0 amide bonds. The predicted octanol–water partition coefficient (Wildman–Crippen LogP) is 4.55. The van der Waals surface area contributed by atoms with Gasteiger partial charge >= 0.3 is 0 Å². The molecule has 0 bridgehead atoms. The number of fused-ring (bicyclic) bond motifs is 3. The van der Waals surface area contributed by atoms with Gasteiger partial charge in [-0.3, -0.25) is 0 Å². The van der Waals surface area contributed by atoms with Gasteiger partial charge in [0.25, 0.3) is 0 Å². The fourth-order valence-corrected chi connectivity index (χ4v) is 2.41. The van der Waals surface area contributed by atoms with Crippen LogP contribution >= 0.6 is 0 Å². The molecule has 1 aromatic heterocycles. The van der Waals surface area contributed by atoms with E-state index in [1.165, 1.54) is 0 Å². The van der Waals surface area contributed by atoms with Crippen molar-refractivity contribution in [2.24, 2.45) is 0 Å². The van der Waals surface area contributed by atoms with E-state index in [2.05, 4.69) is 25.3 Å². The summed E-state index contributed by atoms with van der Waals surface area (Å²) in [6.45, 7) is 6.22. The Labute approximate surface area is 107 Å². The van der Waals surface area contributed by atoms with Crippen molar-refractivity contribution in [3.05, 3.63) is 48.4 Å². The van der Waals surface area contributed by atoms with E-state index in [0.717, 1.165) is 21.8 Å². The van der Waals surface area contributed by atoms with Gasteiger partial charge in [0.15, 0.2) is 0 Å². The van der Waals surface area contributed by atoms with Crippen LogP contribution in [0.25, 0.3) is 21.8 Å². The molecule has 0 aliphatic carbocycles. The maximum absolute atomic E-state index is 7.89. The number of para-hydroxylation sites is 2. The fraction of sp³-hybridized carbons (Fsp3) is 0.250. The Morgan fingerprint density at radius 1 is 0.824 bits per heavy atom. The van der Waals surface area contributed by atoms with Gasteiger partial charge in [0.05, 0.1) is 5.48 Å². The van der Waals surface area contributed by atoms with Crippen molar-refractivity contribution in [1.29, 1.82) is 0 Å². The molecule has 0 N–H and O–H groups in total. The molecule has 17 heavy (non-hydrogen) atoms. The SMILES string of the molecule is [2H]c1cc2c3cc([2H])c([2H])cc3n(C(C)(C)C)c2cc1[2H]. The molecule has 0 fully saturated rings. The van der Waals surface area contributed by atoms with E-state index in [-0.39, 0.29) is 29.7 Å². The molecule has 1 nitrogen and oxygen atoms in total. The van der Waals surface area contributed by atoms with Gasteiger partial charge in [-0.1, -0.05) is 36.3 Å². The second-order valence-electron chi connectivity index (χ2n) is 5.26. The third-order valence-corrected chi connectivity index (χ3v) is 3.01. The largest absolute Gasteiger partial charge is 0.335 e. The normalized spacial score (nSPS) is 15.7. The summed E-state index contributed by atoms with van der Waals surface area (Å²) in [4.78, 5) is 0. The summed E-state index contributed by atoms with van der Waals surface area (Å²) in [5, 5.41) is 1.74. The summed E-state index contributed by atoms with van der Waals surface area (Å²) in [7, 11) is 0. The lowest BCUT2D eigenvalue weighted by molar-refractivity contribution is 0.423. The van der Waals surface area contributed by atoms with E-state index in [1.54, 1.807) is 24.3 Å². The first-order valence-electron chi connectivity index (χ1n) is 7.73. The molecule has 0 spiro atoms. The molecule has 0 radical (unpaired) electrons. The van der Waals surface area contributed by atoms with E-state index in [4.69, 9.17) is 5.48 Å². The van der Waals surface area contributed by atoms with Crippen LogP contribution in [0.2, 0.25) is 0 Å².